The highest BCUT2D eigenvalue weighted by Crippen LogP contribution is 2.08. The third-order valence-corrected chi connectivity index (χ3v) is 3.13. The summed E-state index contributed by atoms with van der Waals surface area (Å²) >= 11 is 0. The SMILES string of the molecule is CS(=O)(=O)NCCNC(=O)CCc1cccc(N)c1. The Morgan fingerprint density at radius 3 is 2.68 bits per heavy atom. The minimum Gasteiger partial charge on any atom is -0.399 e. The van der Waals surface area contributed by atoms with E-state index < -0.39 is 10.0 Å². The molecule has 19 heavy (non-hydrogen) atoms. The Labute approximate surface area is 113 Å². The van der Waals surface area contributed by atoms with E-state index in [1.54, 1.807) is 6.07 Å². The molecule has 0 radical (unpaired) electrons. The predicted octanol–water partition coefficient (Wildman–Crippen LogP) is -0.133. The van der Waals surface area contributed by atoms with Crippen molar-refractivity contribution in [2.24, 2.45) is 0 Å². The third kappa shape index (κ3) is 7.43. The van der Waals surface area contributed by atoms with E-state index in [0.717, 1.165) is 11.8 Å². The first-order valence-corrected chi connectivity index (χ1v) is 7.82. The van der Waals surface area contributed by atoms with Crippen LogP contribution in [0.3, 0.4) is 0 Å². The lowest BCUT2D eigenvalue weighted by atomic mass is 10.1. The first-order chi connectivity index (χ1) is 8.87. The zero-order chi connectivity index (χ0) is 14.3. The molecule has 0 heterocycles. The van der Waals surface area contributed by atoms with Gasteiger partial charge in [0, 0.05) is 25.2 Å². The Kier molecular flexibility index (Phi) is 5.78. The number of aryl methyl sites for hydroxylation is 1. The molecule has 0 saturated heterocycles. The molecule has 106 valence electrons. The van der Waals surface area contributed by atoms with Gasteiger partial charge in [0.05, 0.1) is 6.26 Å². The van der Waals surface area contributed by atoms with Gasteiger partial charge in [-0.15, -0.1) is 0 Å². The highest BCUT2D eigenvalue weighted by Gasteiger charge is 2.03. The highest BCUT2D eigenvalue weighted by molar-refractivity contribution is 7.88. The number of hydrogen-bond donors (Lipinski definition) is 3. The van der Waals surface area contributed by atoms with Crippen LogP contribution < -0.4 is 15.8 Å². The quantitative estimate of drug-likeness (QED) is 0.479. The summed E-state index contributed by atoms with van der Waals surface area (Å²) in [6.45, 7) is 0.478. The second-order valence-corrected chi connectivity index (χ2v) is 6.09. The molecule has 0 saturated carbocycles. The van der Waals surface area contributed by atoms with Crippen LogP contribution in [0.2, 0.25) is 0 Å². The molecule has 1 amide bonds. The van der Waals surface area contributed by atoms with E-state index in [0.29, 0.717) is 18.5 Å². The molecule has 0 unspecified atom stereocenters. The maximum Gasteiger partial charge on any atom is 0.220 e. The fourth-order valence-electron chi connectivity index (χ4n) is 1.53. The number of nitrogens with two attached hydrogens (primary N) is 1. The predicted molar refractivity (Wildman–Crippen MR) is 75.0 cm³/mol. The Balaban J connectivity index is 2.21. The van der Waals surface area contributed by atoms with Crippen LogP contribution in [-0.2, 0) is 21.2 Å². The van der Waals surface area contributed by atoms with Crippen LogP contribution in [0.1, 0.15) is 12.0 Å². The molecule has 0 aliphatic carbocycles. The molecule has 7 heteroatoms. The van der Waals surface area contributed by atoms with Crippen LogP contribution in [0.25, 0.3) is 0 Å². The van der Waals surface area contributed by atoms with E-state index >= 15 is 0 Å². The van der Waals surface area contributed by atoms with Gasteiger partial charge in [0.1, 0.15) is 0 Å². The number of benzene rings is 1. The number of hydrogen-bond acceptors (Lipinski definition) is 4. The minimum absolute atomic E-state index is 0.113. The summed E-state index contributed by atoms with van der Waals surface area (Å²) in [5, 5.41) is 2.64. The zero-order valence-corrected chi connectivity index (χ0v) is 11.7. The molecule has 0 atom stereocenters. The molecule has 0 aliphatic heterocycles. The van der Waals surface area contributed by atoms with E-state index in [2.05, 4.69) is 10.0 Å². The van der Waals surface area contributed by atoms with Crippen molar-refractivity contribution >= 4 is 21.6 Å². The molecule has 1 aromatic carbocycles. The number of nitrogens with one attached hydrogen (secondary N) is 2. The van der Waals surface area contributed by atoms with Crippen molar-refractivity contribution in [3.63, 3.8) is 0 Å². The summed E-state index contributed by atoms with van der Waals surface area (Å²) in [5.41, 5.74) is 7.32. The van der Waals surface area contributed by atoms with Crippen molar-refractivity contribution in [2.75, 3.05) is 25.1 Å². The maximum absolute atomic E-state index is 11.5. The average Bonchev–Trinajstić information content (AvgIpc) is 2.31. The number of rotatable bonds is 7. The van der Waals surface area contributed by atoms with Crippen LogP contribution in [0.5, 0.6) is 0 Å². The monoisotopic (exact) mass is 285 g/mol. The molecule has 4 N–H and O–H groups in total. The van der Waals surface area contributed by atoms with E-state index in [9.17, 15) is 13.2 Å². The first-order valence-electron chi connectivity index (χ1n) is 5.92. The van der Waals surface area contributed by atoms with Crippen molar-refractivity contribution < 1.29 is 13.2 Å². The molecule has 6 nitrogen and oxygen atoms in total. The summed E-state index contributed by atoms with van der Waals surface area (Å²) in [7, 11) is -3.20. The number of sulfonamides is 1. The molecule has 1 aromatic rings. The van der Waals surface area contributed by atoms with Crippen LogP contribution >= 0.6 is 0 Å². The van der Waals surface area contributed by atoms with Crippen molar-refractivity contribution in [1.82, 2.24) is 10.0 Å². The Hall–Kier alpha value is -1.60. The Bertz CT molecular complexity index is 529. The van der Waals surface area contributed by atoms with E-state index in [1.807, 2.05) is 18.2 Å². The lowest BCUT2D eigenvalue weighted by molar-refractivity contribution is -0.121. The molecule has 0 spiro atoms. The second-order valence-electron chi connectivity index (χ2n) is 4.26. The van der Waals surface area contributed by atoms with Crippen molar-refractivity contribution in [3.8, 4) is 0 Å². The van der Waals surface area contributed by atoms with Crippen molar-refractivity contribution in [2.45, 2.75) is 12.8 Å². The summed E-state index contributed by atoms with van der Waals surface area (Å²) < 4.78 is 23.9. The molecule has 0 bridgehead atoms. The number of anilines is 1. The number of carbonyl (C=O) groups is 1. The lowest BCUT2D eigenvalue weighted by Crippen LogP contribution is -2.34. The summed E-state index contributed by atoms with van der Waals surface area (Å²) in [6, 6.07) is 7.38. The topological polar surface area (TPSA) is 101 Å². The van der Waals surface area contributed by atoms with Crippen LogP contribution in [0.4, 0.5) is 5.69 Å². The zero-order valence-electron chi connectivity index (χ0n) is 10.8. The lowest BCUT2D eigenvalue weighted by Gasteiger charge is -2.06. The van der Waals surface area contributed by atoms with E-state index in [4.69, 9.17) is 5.73 Å². The normalized spacial score (nSPS) is 11.2. The Morgan fingerprint density at radius 1 is 1.32 bits per heavy atom. The highest BCUT2D eigenvalue weighted by atomic mass is 32.2. The second kappa shape index (κ2) is 7.10. The van der Waals surface area contributed by atoms with E-state index in [1.165, 1.54) is 0 Å². The molecule has 0 aliphatic rings. The fraction of sp³-hybridized carbons (Fsp3) is 0.417. The minimum atomic E-state index is -3.20. The number of nitrogen functional groups attached to an aromatic ring is 1. The molecule has 0 fully saturated rings. The fourth-order valence-corrected chi connectivity index (χ4v) is 2.01. The van der Waals surface area contributed by atoms with Gasteiger partial charge in [-0.05, 0) is 24.1 Å². The van der Waals surface area contributed by atoms with Gasteiger partial charge in [0.25, 0.3) is 0 Å². The number of carbonyl (C=O) groups excluding carboxylic acids is 1. The Morgan fingerprint density at radius 2 is 2.05 bits per heavy atom. The largest absolute Gasteiger partial charge is 0.399 e. The third-order valence-electron chi connectivity index (χ3n) is 2.40. The smallest absolute Gasteiger partial charge is 0.220 e. The molecule has 0 aromatic heterocycles. The van der Waals surface area contributed by atoms with Gasteiger partial charge < -0.3 is 11.1 Å². The molecule has 1 rings (SSSR count). The van der Waals surface area contributed by atoms with Gasteiger partial charge in [0.2, 0.25) is 15.9 Å². The molecular weight excluding hydrogens is 266 g/mol. The number of amides is 1. The van der Waals surface area contributed by atoms with Gasteiger partial charge in [-0.25, -0.2) is 13.1 Å². The van der Waals surface area contributed by atoms with Crippen LogP contribution in [0.15, 0.2) is 24.3 Å². The first kappa shape index (κ1) is 15.5. The van der Waals surface area contributed by atoms with Crippen LogP contribution in [-0.4, -0.2) is 33.7 Å². The summed E-state index contributed by atoms with van der Waals surface area (Å²) in [6.07, 6.45) is 2.04. The van der Waals surface area contributed by atoms with Gasteiger partial charge in [-0.1, -0.05) is 12.1 Å². The summed E-state index contributed by atoms with van der Waals surface area (Å²) in [5.74, 6) is -0.113. The average molecular weight is 285 g/mol. The van der Waals surface area contributed by atoms with Gasteiger partial charge >= 0.3 is 0 Å². The van der Waals surface area contributed by atoms with Gasteiger partial charge in [-0.3, -0.25) is 4.79 Å². The van der Waals surface area contributed by atoms with Crippen molar-refractivity contribution in [3.05, 3.63) is 29.8 Å². The van der Waals surface area contributed by atoms with Crippen LogP contribution in [0, 0.1) is 0 Å². The standard InChI is InChI=1S/C12H19N3O3S/c1-19(17,18)15-8-7-14-12(16)6-5-10-3-2-4-11(13)9-10/h2-4,9,15H,5-8,13H2,1H3,(H,14,16). The molecular formula is C12H19N3O3S. The maximum atomic E-state index is 11.5. The van der Waals surface area contributed by atoms with Crippen molar-refractivity contribution in [1.29, 1.82) is 0 Å². The van der Waals surface area contributed by atoms with Gasteiger partial charge in [-0.2, -0.15) is 0 Å². The summed E-state index contributed by atoms with van der Waals surface area (Å²) in [4.78, 5) is 11.5. The van der Waals surface area contributed by atoms with E-state index in [-0.39, 0.29) is 19.0 Å². The van der Waals surface area contributed by atoms with Gasteiger partial charge in [0.15, 0.2) is 0 Å².